The van der Waals surface area contributed by atoms with E-state index in [2.05, 4.69) is 29.3 Å². The monoisotopic (exact) mass is 450 g/mol. The smallest absolute Gasteiger partial charge is 0.407 e. The molecule has 0 fully saturated rings. The van der Waals surface area contributed by atoms with Crippen molar-refractivity contribution in [3.8, 4) is 11.1 Å². The molecule has 0 aromatic heterocycles. The van der Waals surface area contributed by atoms with E-state index >= 15 is 0 Å². The minimum absolute atomic E-state index is 0.0827. The van der Waals surface area contributed by atoms with Crippen molar-refractivity contribution in [1.29, 1.82) is 0 Å². The fraction of sp³-hybridized carbons (Fsp3) is 0.346. The van der Waals surface area contributed by atoms with E-state index in [0.29, 0.717) is 0 Å². The molecule has 0 spiro atoms. The maximum atomic E-state index is 12.7. The first-order valence-corrected chi connectivity index (χ1v) is 11.1. The molecule has 2 atom stereocenters. The fourth-order valence-corrected chi connectivity index (χ4v) is 4.15. The van der Waals surface area contributed by atoms with Crippen molar-refractivity contribution in [3.63, 3.8) is 0 Å². The summed E-state index contributed by atoms with van der Waals surface area (Å²) < 4.78 is 5.50. The lowest BCUT2D eigenvalue weighted by atomic mass is 9.98. The molecule has 2 amide bonds. The Bertz CT molecular complexity index is 987. The van der Waals surface area contributed by atoms with E-state index in [9.17, 15) is 19.5 Å². The van der Waals surface area contributed by atoms with Gasteiger partial charge in [0.15, 0.2) is 0 Å². The Labute approximate surface area is 193 Å². The predicted molar refractivity (Wildman–Crippen MR) is 126 cm³/mol. The summed E-state index contributed by atoms with van der Waals surface area (Å²) in [6, 6.07) is 14.0. The number of carboxylic acid groups (broad SMARTS) is 1. The van der Waals surface area contributed by atoms with Gasteiger partial charge in [0.1, 0.15) is 18.7 Å². The average molecular weight is 451 g/mol. The maximum absolute atomic E-state index is 12.7. The summed E-state index contributed by atoms with van der Waals surface area (Å²) in [5.41, 5.74) is 4.42. The third-order valence-corrected chi connectivity index (χ3v) is 5.68. The highest BCUT2D eigenvalue weighted by Gasteiger charge is 2.30. The molecule has 174 valence electrons. The van der Waals surface area contributed by atoms with Gasteiger partial charge in [-0.1, -0.05) is 68.5 Å². The second kappa shape index (κ2) is 10.8. The summed E-state index contributed by atoms with van der Waals surface area (Å²) in [6.45, 7) is 7.49. The van der Waals surface area contributed by atoms with Crippen LogP contribution in [0.2, 0.25) is 0 Å². The molecule has 33 heavy (non-hydrogen) atoms. The zero-order valence-electron chi connectivity index (χ0n) is 18.9. The molecule has 0 saturated heterocycles. The molecule has 0 bridgehead atoms. The molecule has 0 saturated carbocycles. The van der Waals surface area contributed by atoms with Crippen molar-refractivity contribution in [1.82, 2.24) is 10.6 Å². The van der Waals surface area contributed by atoms with Gasteiger partial charge in [-0.3, -0.25) is 4.79 Å². The van der Waals surface area contributed by atoms with Gasteiger partial charge in [-0.2, -0.15) is 0 Å². The molecule has 0 radical (unpaired) electrons. The van der Waals surface area contributed by atoms with Crippen molar-refractivity contribution in [2.45, 2.75) is 44.7 Å². The van der Waals surface area contributed by atoms with Crippen molar-refractivity contribution in [2.75, 3.05) is 6.61 Å². The van der Waals surface area contributed by atoms with Crippen molar-refractivity contribution < 1.29 is 24.2 Å². The number of amides is 2. The normalized spacial score (nSPS) is 14.0. The molecule has 2 aromatic rings. The number of benzene rings is 2. The Balaban J connectivity index is 1.64. The molecule has 2 aromatic carbocycles. The standard InChI is InChI=1S/C26H30N2O5/c1-4-9-22(24(29)27-23(25(30)31)14-16(2)3)28-26(32)33-15-21-19-12-7-5-10-17(19)18-11-6-8-13-20(18)21/h4-8,10-13,16,21-23H,1,9,14-15H2,2-3H3,(H,27,29)(H,28,32)(H,30,31)/t22?,23-/m1/s1. The largest absolute Gasteiger partial charge is 0.480 e. The van der Waals surface area contributed by atoms with Crippen molar-refractivity contribution in [3.05, 3.63) is 72.3 Å². The van der Waals surface area contributed by atoms with Crippen molar-refractivity contribution in [2.24, 2.45) is 5.92 Å². The zero-order chi connectivity index (χ0) is 24.0. The van der Waals surface area contributed by atoms with E-state index in [1.165, 1.54) is 6.08 Å². The van der Waals surface area contributed by atoms with Crippen LogP contribution in [0.4, 0.5) is 4.79 Å². The van der Waals surface area contributed by atoms with Crippen LogP contribution in [0.15, 0.2) is 61.2 Å². The molecule has 3 N–H and O–H groups in total. The molecule has 0 aliphatic heterocycles. The van der Waals surface area contributed by atoms with Crippen LogP contribution in [0.5, 0.6) is 0 Å². The number of rotatable bonds is 10. The number of fused-ring (bicyclic) bond motifs is 3. The number of carboxylic acids is 1. The van der Waals surface area contributed by atoms with Gasteiger partial charge in [0.25, 0.3) is 0 Å². The summed E-state index contributed by atoms with van der Waals surface area (Å²) in [4.78, 5) is 36.7. The number of ether oxygens (including phenoxy) is 1. The van der Waals surface area contributed by atoms with Gasteiger partial charge in [-0.25, -0.2) is 9.59 Å². The molecule has 7 heteroatoms. The lowest BCUT2D eigenvalue weighted by Crippen LogP contribution is -2.51. The van der Waals surface area contributed by atoms with Crippen LogP contribution in [-0.4, -0.2) is 41.8 Å². The third-order valence-electron chi connectivity index (χ3n) is 5.68. The average Bonchev–Trinajstić information content (AvgIpc) is 3.10. The number of hydrogen-bond acceptors (Lipinski definition) is 4. The SMILES string of the molecule is C=CCC(NC(=O)OCC1c2ccccc2-c2ccccc21)C(=O)N[C@H](CC(C)C)C(=O)O. The lowest BCUT2D eigenvalue weighted by molar-refractivity contribution is -0.142. The van der Waals surface area contributed by atoms with E-state index in [0.717, 1.165) is 22.3 Å². The van der Waals surface area contributed by atoms with Crippen LogP contribution in [0.3, 0.4) is 0 Å². The zero-order valence-corrected chi connectivity index (χ0v) is 18.9. The molecule has 1 unspecified atom stereocenters. The summed E-state index contributed by atoms with van der Waals surface area (Å²) in [5, 5.41) is 14.4. The Morgan fingerprint density at radius 2 is 1.58 bits per heavy atom. The molecule has 1 aliphatic rings. The molecule has 3 rings (SSSR count). The first kappa shape index (κ1) is 24.0. The molecular weight excluding hydrogens is 420 g/mol. The van der Waals surface area contributed by atoms with Crippen LogP contribution in [0.1, 0.15) is 43.7 Å². The highest BCUT2D eigenvalue weighted by Crippen LogP contribution is 2.44. The molecule has 0 heterocycles. The van der Waals surface area contributed by atoms with Gasteiger partial charge in [0.2, 0.25) is 5.91 Å². The maximum Gasteiger partial charge on any atom is 0.407 e. The van der Waals surface area contributed by atoms with Gasteiger partial charge >= 0.3 is 12.1 Å². The van der Waals surface area contributed by atoms with Crippen LogP contribution in [-0.2, 0) is 14.3 Å². The highest BCUT2D eigenvalue weighted by molar-refractivity contribution is 5.89. The number of carbonyl (C=O) groups excluding carboxylic acids is 2. The summed E-state index contributed by atoms with van der Waals surface area (Å²) >= 11 is 0. The van der Waals surface area contributed by atoms with E-state index in [-0.39, 0.29) is 31.3 Å². The third kappa shape index (κ3) is 5.80. The van der Waals surface area contributed by atoms with Gasteiger partial charge in [-0.15, -0.1) is 6.58 Å². The Morgan fingerprint density at radius 1 is 1.00 bits per heavy atom. The van der Waals surface area contributed by atoms with Gasteiger partial charge in [0, 0.05) is 5.92 Å². The van der Waals surface area contributed by atoms with Gasteiger partial charge < -0.3 is 20.5 Å². The summed E-state index contributed by atoms with van der Waals surface area (Å²) in [5.74, 6) is -1.72. The minimum atomic E-state index is -1.12. The Hall–Kier alpha value is -3.61. The second-order valence-electron chi connectivity index (χ2n) is 8.58. The Kier molecular flexibility index (Phi) is 7.87. The van der Waals surface area contributed by atoms with Crippen LogP contribution >= 0.6 is 0 Å². The topological polar surface area (TPSA) is 105 Å². The Morgan fingerprint density at radius 3 is 2.09 bits per heavy atom. The van der Waals surface area contributed by atoms with Crippen LogP contribution < -0.4 is 10.6 Å². The number of carbonyl (C=O) groups is 3. The molecule has 1 aliphatic carbocycles. The van der Waals surface area contributed by atoms with Gasteiger partial charge in [-0.05, 0) is 41.0 Å². The quantitative estimate of drug-likeness (QED) is 0.473. The van der Waals surface area contributed by atoms with Gasteiger partial charge in [0.05, 0.1) is 0 Å². The highest BCUT2D eigenvalue weighted by atomic mass is 16.5. The number of aliphatic carboxylic acids is 1. The first-order valence-electron chi connectivity index (χ1n) is 11.1. The molecule has 7 nitrogen and oxygen atoms in total. The summed E-state index contributed by atoms with van der Waals surface area (Å²) in [6.07, 6.45) is 1.18. The first-order chi connectivity index (χ1) is 15.8. The van der Waals surface area contributed by atoms with Crippen molar-refractivity contribution >= 4 is 18.0 Å². The lowest BCUT2D eigenvalue weighted by Gasteiger charge is -2.22. The van der Waals surface area contributed by atoms with E-state index in [1.807, 2.05) is 50.2 Å². The van der Waals surface area contributed by atoms with E-state index in [1.54, 1.807) is 0 Å². The van der Waals surface area contributed by atoms with E-state index in [4.69, 9.17) is 4.74 Å². The second-order valence-corrected chi connectivity index (χ2v) is 8.58. The van der Waals surface area contributed by atoms with E-state index < -0.39 is 30.1 Å². The number of hydrogen-bond donors (Lipinski definition) is 3. The van der Waals surface area contributed by atoms with Crippen LogP contribution in [0, 0.1) is 5.92 Å². The fourth-order valence-electron chi connectivity index (χ4n) is 4.15. The minimum Gasteiger partial charge on any atom is -0.480 e. The number of nitrogens with one attached hydrogen (secondary N) is 2. The van der Waals surface area contributed by atoms with Crippen LogP contribution in [0.25, 0.3) is 11.1 Å². The predicted octanol–water partition coefficient (Wildman–Crippen LogP) is 4.09. The molecular formula is C26H30N2O5. The number of alkyl carbamates (subject to hydrolysis) is 1. The summed E-state index contributed by atoms with van der Waals surface area (Å²) in [7, 11) is 0.